The Hall–Kier alpha value is -1.64. The molecule has 3 N–H and O–H groups in total. The van der Waals surface area contributed by atoms with Crippen molar-refractivity contribution in [2.24, 2.45) is 5.92 Å². The zero-order valence-corrected chi connectivity index (χ0v) is 17.5. The van der Waals surface area contributed by atoms with E-state index in [4.69, 9.17) is 4.74 Å². The molecule has 1 unspecified atom stereocenters. The number of nitrogens with zero attached hydrogens (tertiary/aromatic N) is 1. The molecule has 0 spiro atoms. The number of carbonyl (C=O) groups excluding carboxylic acids is 2. The van der Waals surface area contributed by atoms with Crippen molar-refractivity contribution in [2.75, 3.05) is 44.7 Å². The van der Waals surface area contributed by atoms with E-state index in [1.807, 2.05) is 12.1 Å². The maximum atomic E-state index is 12.1. The van der Waals surface area contributed by atoms with Crippen LogP contribution in [-0.4, -0.2) is 62.3 Å². The van der Waals surface area contributed by atoms with Crippen LogP contribution in [0.5, 0.6) is 0 Å². The van der Waals surface area contributed by atoms with E-state index in [1.165, 1.54) is 0 Å². The molecule has 7 nitrogen and oxygen atoms in total. The Morgan fingerprint density at radius 1 is 1.15 bits per heavy atom. The summed E-state index contributed by atoms with van der Waals surface area (Å²) in [6, 6.07) is 7.28. The number of hydrogen-bond donors (Lipinski definition) is 3. The molecule has 1 aromatic carbocycles. The van der Waals surface area contributed by atoms with Crippen LogP contribution in [-0.2, 0) is 9.53 Å². The number of benzene rings is 1. The Morgan fingerprint density at radius 2 is 1.81 bits per heavy atom. The van der Waals surface area contributed by atoms with Crippen LogP contribution in [0.3, 0.4) is 0 Å². The van der Waals surface area contributed by atoms with Gasteiger partial charge in [-0.15, -0.1) is 0 Å². The van der Waals surface area contributed by atoms with Gasteiger partial charge in [0, 0.05) is 48.8 Å². The Bertz CT molecular complexity index is 603. The van der Waals surface area contributed by atoms with Gasteiger partial charge in [0.25, 0.3) is 0 Å². The molecule has 27 heavy (non-hydrogen) atoms. The van der Waals surface area contributed by atoms with Crippen molar-refractivity contribution in [3.63, 3.8) is 0 Å². The van der Waals surface area contributed by atoms with Crippen LogP contribution in [0.15, 0.2) is 28.7 Å². The predicted molar refractivity (Wildman–Crippen MR) is 110 cm³/mol. The lowest BCUT2D eigenvalue weighted by molar-refractivity contribution is -0.121. The minimum Gasteiger partial charge on any atom is -0.379 e. The van der Waals surface area contributed by atoms with E-state index in [0.717, 1.165) is 30.8 Å². The maximum Gasteiger partial charge on any atom is 0.319 e. The molecule has 1 heterocycles. The maximum absolute atomic E-state index is 12.1. The van der Waals surface area contributed by atoms with E-state index in [0.29, 0.717) is 24.2 Å². The van der Waals surface area contributed by atoms with Crippen molar-refractivity contribution < 1.29 is 14.3 Å². The minimum atomic E-state index is -0.321. The number of ether oxygens (including phenoxy) is 1. The van der Waals surface area contributed by atoms with Crippen LogP contribution in [0.2, 0.25) is 0 Å². The van der Waals surface area contributed by atoms with Crippen LogP contribution in [0.4, 0.5) is 10.5 Å². The first-order valence-corrected chi connectivity index (χ1v) is 10.1. The van der Waals surface area contributed by atoms with Crippen molar-refractivity contribution in [3.05, 3.63) is 28.7 Å². The van der Waals surface area contributed by atoms with Crippen LogP contribution in [0, 0.1) is 5.92 Å². The molecular weight excluding hydrogens is 412 g/mol. The molecule has 8 heteroatoms. The molecule has 150 valence electrons. The summed E-state index contributed by atoms with van der Waals surface area (Å²) >= 11 is 3.35. The molecule has 1 aromatic rings. The van der Waals surface area contributed by atoms with Gasteiger partial charge in [-0.05, 0) is 30.2 Å². The van der Waals surface area contributed by atoms with Gasteiger partial charge in [0.1, 0.15) is 0 Å². The molecule has 0 radical (unpaired) electrons. The first-order valence-electron chi connectivity index (χ1n) is 9.34. The number of urea groups is 1. The molecular formula is C19H29BrN4O3. The van der Waals surface area contributed by atoms with Crippen LogP contribution >= 0.6 is 15.9 Å². The van der Waals surface area contributed by atoms with E-state index < -0.39 is 0 Å². The lowest BCUT2D eigenvalue weighted by Crippen LogP contribution is -2.51. The number of hydrogen-bond acceptors (Lipinski definition) is 4. The highest BCUT2D eigenvalue weighted by atomic mass is 79.9. The van der Waals surface area contributed by atoms with Gasteiger partial charge < -0.3 is 20.7 Å². The highest BCUT2D eigenvalue weighted by molar-refractivity contribution is 9.10. The highest BCUT2D eigenvalue weighted by Gasteiger charge is 2.24. The smallest absolute Gasteiger partial charge is 0.319 e. The van der Waals surface area contributed by atoms with Crippen molar-refractivity contribution in [3.8, 4) is 0 Å². The van der Waals surface area contributed by atoms with Gasteiger partial charge in [0.2, 0.25) is 5.91 Å². The number of halogens is 1. The number of anilines is 1. The topological polar surface area (TPSA) is 82.7 Å². The summed E-state index contributed by atoms with van der Waals surface area (Å²) < 4.78 is 6.35. The Balaban J connectivity index is 1.65. The molecule has 0 aromatic heterocycles. The Labute approximate surface area is 169 Å². The Kier molecular flexibility index (Phi) is 9.03. The molecule has 2 rings (SSSR count). The number of morpholine rings is 1. The van der Waals surface area contributed by atoms with Crippen molar-refractivity contribution in [1.29, 1.82) is 0 Å². The van der Waals surface area contributed by atoms with Crippen molar-refractivity contribution >= 4 is 33.6 Å². The van der Waals surface area contributed by atoms with Crippen LogP contribution < -0.4 is 16.0 Å². The second kappa shape index (κ2) is 11.3. The summed E-state index contributed by atoms with van der Waals surface area (Å²) in [7, 11) is 0. The normalized spacial score (nSPS) is 16.0. The van der Waals surface area contributed by atoms with Gasteiger partial charge in [0.05, 0.1) is 13.2 Å². The summed E-state index contributed by atoms with van der Waals surface area (Å²) in [5.41, 5.74) is 0.699. The van der Waals surface area contributed by atoms with E-state index >= 15 is 0 Å². The monoisotopic (exact) mass is 440 g/mol. The fourth-order valence-electron chi connectivity index (χ4n) is 3.00. The third-order valence-corrected chi connectivity index (χ3v) is 5.06. The van der Waals surface area contributed by atoms with Gasteiger partial charge in [-0.1, -0.05) is 29.8 Å². The predicted octanol–water partition coefficient (Wildman–Crippen LogP) is 2.43. The zero-order chi connectivity index (χ0) is 19.6. The zero-order valence-electron chi connectivity index (χ0n) is 16.0. The molecule has 3 amide bonds. The minimum absolute atomic E-state index is 0.0575. The van der Waals surface area contributed by atoms with Gasteiger partial charge in [-0.2, -0.15) is 0 Å². The first kappa shape index (κ1) is 21.7. The summed E-state index contributed by atoms with van der Waals surface area (Å²) in [5.74, 6) is 0.385. The SMILES string of the molecule is CC(C)C(CNC(=O)CCNC(=O)Nc1ccc(Br)cc1)N1CCOCC1. The second-order valence-corrected chi connectivity index (χ2v) is 7.82. The third kappa shape index (κ3) is 7.86. The van der Waals surface area contributed by atoms with E-state index in [1.54, 1.807) is 12.1 Å². The van der Waals surface area contributed by atoms with Gasteiger partial charge in [0.15, 0.2) is 0 Å². The molecule has 1 saturated heterocycles. The summed E-state index contributed by atoms with van der Waals surface area (Å²) in [4.78, 5) is 26.3. The third-order valence-electron chi connectivity index (χ3n) is 4.53. The average molecular weight is 441 g/mol. The molecule has 1 aliphatic heterocycles. The fraction of sp³-hybridized carbons (Fsp3) is 0.579. The number of carbonyl (C=O) groups is 2. The largest absolute Gasteiger partial charge is 0.379 e. The lowest BCUT2D eigenvalue weighted by atomic mass is 10.0. The van der Waals surface area contributed by atoms with Crippen molar-refractivity contribution in [1.82, 2.24) is 15.5 Å². The molecule has 0 saturated carbocycles. The van der Waals surface area contributed by atoms with E-state index in [9.17, 15) is 9.59 Å². The fourth-order valence-corrected chi connectivity index (χ4v) is 3.26. The lowest BCUT2D eigenvalue weighted by Gasteiger charge is -2.36. The van der Waals surface area contributed by atoms with Crippen LogP contribution in [0.25, 0.3) is 0 Å². The van der Waals surface area contributed by atoms with Crippen LogP contribution in [0.1, 0.15) is 20.3 Å². The molecule has 0 bridgehead atoms. The standard InChI is InChI=1S/C19H29BrN4O3/c1-14(2)17(24-9-11-27-12-10-24)13-22-18(25)7-8-21-19(26)23-16-5-3-15(20)4-6-16/h3-6,14,17H,7-13H2,1-2H3,(H,22,25)(H2,21,23,26). The quantitative estimate of drug-likeness (QED) is 0.579. The first-order chi connectivity index (χ1) is 13.0. The van der Waals surface area contributed by atoms with Gasteiger partial charge in [-0.25, -0.2) is 4.79 Å². The van der Waals surface area contributed by atoms with Crippen molar-refractivity contribution in [2.45, 2.75) is 26.3 Å². The Morgan fingerprint density at radius 3 is 2.44 bits per heavy atom. The van der Waals surface area contributed by atoms with Gasteiger partial charge in [-0.3, -0.25) is 9.69 Å². The number of rotatable bonds is 8. The molecule has 1 fully saturated rings. The number of amides is 3. The average Bonchev–Trinajstić information content (AvgIpc) is 2.64. The van der Waals surface area contributed by atoms with E-state index in [2.05, 4.69) is 50.6 Å². The van der Waals surface area contributed by atoms with Gasteiger partial charge >= 0.3 is 6.03 Å². The second-order valence-electron chi connectivity index (χ2n) is 6.90. The number of nitrogens with one attached hydrogen (secondary N) is 3. The summed E-state index contributed by atoms with van der Waals surface area (Å²) in [5, 5.41) is 8.42. The molecule has 0 aliphatic carbocycles. The van der Waals surface area contributed by atoms with E-state index in [-0.39, 0.29) is 24.9 Å². The molecule has 1 atom stereocenters. The molecule has 1 aliphatic rings. The summed E-state index contributed by atoms with van der Waals surface area (Å²) in [6.07, 6.45) is 0.252. The highest BCUT2D eigenvalue weighted by Crippen LogP contribution is 2.14. The summed E-state index contributed by atoms with van der Waals surface area (Å²) in [6.45, 7) is 8.52.